The SMILES string of the molecule is O=C(c1ccc(F)cc1F)N1CCC2(CC=NO2)CC1. The topological polar surface area (TPSA) is 41.9 Å². The third-order valence-electron chi connectivity index (χ3n) is 3.91. The second-order valence-corrected chi connectivity index (χ2v) is 5.18. The van der Waals surface area contributed by atoms with Gasteiger partial charge in [0.1, 0.15) is 17.2 Å². The zero-order chi connectivity index (χ0) is 14.2. The van der Waals surface area contributed by atoms with Crippen LogP contribution < -0.4 is 0 Å². The minimum Gasteiger partial charge on any atom is -0.389 e. The Kier molecular flexibility index (Phi) is 3.16. The van der Waals surface area contributed by atoms with Gasteiger partial charge in [-0.05, 0) is 12.1 Å². The smallest absolute Gasteiger partial charge is 0.256 e. The van der Waals surface area contributed by atoms with Gasteiger partial charge >= 0.3 is 0 Å². The van der Waals surface area contributed by atoms with Gasteiger partial charge in [-0.25, -0.2) is 8.78 Å². The highest BCUT2D eigenvalue weighted by atomic mass is 19.1. The van der Waals surface area contributed by atoms with E-state index in [4.69, 9.17) is 4.84 Å². The van der Waals surface area contributed by atoms with E-state index >= 15 is 0 Å². The number of likely N-dealkylation sites (tertiary alicyclic amines) is 1. The summed E-state index contributed by atoms with van der Waals surface area (Å²) in [7, 11) is 0. The van der Waals surface area contributed by atoms with E-state index in [9.17, 15) is 13.6 Å². The average molecular weight is 280 g/mol. The van der Waals surface area contributed by atoms with Gasteiger partial charge in [-0.2, -0.15) is 0 Å². The lowest BCUT2D eigenvalue weighted by Gasteiger charge is -2.37. The second-order valence-electron chi connectivity index (χ2n) is 5.18. The Labute approximate surface area is 115 Å². The Morgan fingerprint density at radius 2 is 2.05 bits per heavy atom. The zero-order valence-corrected chi connectivity index (χ0v) is 10.8. The molecule has 0 atom stereocenters. The molecule has 2 aliphatic rings. The third-order valence-corrected chi connectivity index (χ3v) is 3.91. The standard InChI is InChI=1S/C14H14F2N2O2/c15-10-1-2-11(12(16)9-10)13(19)18-7-4-14(5-8-18)3-6-17-20-14/h1-2,6,9H,3-5,7-8H2. The average Bonchev–Trinajstić information content (AvgIpc) is 2.87. The molecule has 0 unspecified atom stereocenters. The first kappa shape index (κ1) is 13.0. The fourth-order valence-electron chi connectivity index (χ4n) is 2.64. The molecule has 1 aromatic rings. The van der Waals surface area contributed by atoms with Gasteiger partial charge in [0, 0.05) is 44.6 Å². The predicted octanol–water partition coefficient (Wildman–Crippen LogP) is 2.35. The molecule has 1 fully saturated rings. The Balaban J connectivity index is 1.70. The summed E-state index contributed by atoms with van der Waals surface area (Å²) in [6, 6.07) is 3.01. The fraction of sp³-hybridized carbons (Fsp3) is 0.429. The van der Waals surface area contributed by atoms with Crippen LogP contribution in [0, 0.1) is 11.6 Å². The van der Waals surface area contributed by atoms with Crippen LogP contribution in [0.2, 0.25) is 0 Å². The number of nitrogens with zero attached hydrogens (tertiary/aromatic N) is 2. The van der Waals surface area contributed by atoms with E-state index in [1.54, 1.807) is 11.1 Å². The molecular formula is C14H14F2N2O2. The molecule has 1 spiro atoms. The highest BCUT2D eigenvalue weighted by Gasteiger charge is 2.40. The number of hydrogen-bond donors (Lipinski definition) is 0. The summed E-state index contributed by atoms with van der Waals surface area (Å²) in [5.41, 5.74) is -0.385. The number of hydrogen-bond acceptors (Lipinski definition) is 3. The number of halogens is 2. The van der Waals surface area contributed by atoms with Crippen LogP contribution in [0.15, 0.2) is 23.4 Å². The third kappa shape index (κ3) is 2.26. The van der Waals surface area contributed by atoms with Crippen molar-refractivity contribution in [1.82, 2.24) is 4.90 Å². The number of carbonyl (C=O) groups excluding carboxylic acids is 1. The molecule has 3 rings (SSSR count). The van der Waals surface area contributed by atoms with Gasteiger partial charge < -0.3 is 9.74 Å². The van der Waals surface area contributed by atoms with Crippen molar-refractivity contribution in [3.05, 3.63) is 35.4 Å². The van der Waals surface area contributed by atoms with Crippen molar-refractivity contribution < 1.29 is 18.4 Å². The Hall–Kier alpha value is -1.98. The monoisotopic (exact) mass is 280 g/mol. The number of carbonyl (C=O) groups is 1. The molecular weight excluding hydrogens is 266 g/mol. The first-order valence-electron chi connectivity index (χ1n) is 6.54. The maximum atomic E-state index is 13.6. The molecule has 1 saturated heterocycles. The highest BCUT2D eigenvalue weighted by molar-refractivity contribution is 5.94. The van der Waals surface area contributed by atoms with Gasteiger partial charge in [0.25, 0.3) is 5.91 Å². The number of oxime groups is 1. The van der Waals surface area contributed by atoms with E-state index in [0.29, 0.717) is 25.9 Å². The highest BCUT2D eigenvalue weighted by Crippen LogP contribution is 2.33. The van der Waals surface area contributed by atoms with Crippen LogP contribution in [0.25, 0.3) is 0 Å². The van der Waals surface area contributed by atoms with Gasteiger partial charge in [0.15, 0.2) is 0 Å². The summed E-state index contributed by atoms with van der Waals surface area (Å²) >= 11 is 0. The summed E-state index contributed by atoms with van der Waals surface area (Å²) in [6.07, 6.45) is 3.82. The molecule has 1 aromatic carbocycles. The minimum atomic E-state index is -0.823. The van der Waals surface area contributed by atoms with Crippen LogP contribution in [-0.4, -0.2) is 35.7 Å². The summed E-state index contributed by atoms with van der Waals surface area (Å²) < 4.78 is 26.5. The van der Waals surface area contributed by atoms with Crippen LogP contribution in [-0.2, 0) is 4.84 Å². The van der Waals surface area contributed by atoms with Crippen molar-refractivity contribution in [1.29, 1.82) is 0 Å². The number of amides is 1. The minimum absolute atomic E-state index is 0.0917. The largest absolute Gasteiger partial charge is 0.389 e. The van der Waals surface area contributed by atoms with Crippen molar-refractivity contribution >= 4 is 12.1 Å². The molecule has 6 heteroatoms. The van der Waals surface area contributed by atoms with Gasteiger partial charge in [0.05, 0.1) is 5.56 Å². The van der Waals surface area contributed by atoms with E-state index in [-0.39, 0.29) is 11.2 Å². The zero-order valence-electron chi connectivity index (χ0n) is 10.8. The van der Waals surface area contributed by atoms with E-state index in [1.165, 1.54) is 6.07 Å². The van der Waals surface area contributed by atoms with Crippen molar-refractivity contribution in [3.63, 3.8) is 0 Å². The molecule has 0 saturated carbocycles. The van der Waals surface area contributed by atoms with Gasteiger partial charge in [-0.15, -0.1) is 0 Å². The van der Waals surface area contributed by atoms with Gasteiger partial charge in [0.2, 0.25) is 0 Å². The lowest BCUT2D eigenvalue weighted by molar-refractivity contribution is -0.0568. The van der Waals surface area contributed by atoms with Gasteiger partial charge in [-0.1, -0.05) is 5.16 Å². The Morgan fingerprint density at radius 1 is 1.30 bits per heavy atom. The van der Waals surface area contributed by atoms with E-state index < -0.39 is 17.5 Å². The molecule has 4 nitrogen and oxygen atoms in total. The quantitative estimate of drug-likeness (QED) is 0.792. The van der Waals surface area contributed by atoms with Crippen LogP contribution in [0.5, 0.6) is 0 Å². The van der Waals surface area contributed by atoms with Crippen molar-refractivity contribution in [2.24, 2.45) is 5.16 Å². The summed E-state index contributed by atoms with van der Waals surface area (Å²) in [4.78, 5) is 19.2. The van der Waals surface area contributed by atoms with Crippen LogP contribution in [0.3, 0.4) is 0 Å². The van der Waals surface area contributed by atoms with Crippen LogP contribution in [0.4, 0.5) is 8.78 Å². The first-order valence-corrected chi connectivity index (χ1v) is 6.54. The Morgan fingerprint density at radius 3 is 2.65 bits per heavy atom. The number of piperidine rings is 1. The summed E-state index contributed by atoms with van der Waals surface area (Å²) in [5.74, 6) is -1.92. The molecule has 0 aliphatic carbocycles. The van der Waals surface area contributed by atoms with E-state index in [0.717, 1.165) is 18.6 Å². The van der Waals surface area contributed by atoms with Crippen molar-refractivity contribution in [2.45, 2.75) is 24.9 Å². The molecule has 0 radical (unpaired) electrons. The molecule has 106 valence electrons. The number of rotatable bonds is 1. The van der Waals surface area contributed by atoms with Crippen LogP contribution in [0.1, 0.15) is 29.6 Å². The fourth-order valence-corrected chi connectivity index (χ4v) is 2.64. The van der Waals surface area contributed by atoms with Gasteiger partial charge in [-0.3, -0.25) is 4.79 Å². The maximum absolute atomic E-state index is 13.6. The predicted molar refractivity (Wildman–Crippen MR) is 68.4 cm³/mol. The maximum Gasteiger partial charge on any atom is 0.256 e. The lowest BCUT2D eigenvalue weighted by Crippen LogP contribution is -2.46. The Bertz CT molecular complexity index is 556. The molecule has 1 amide bonds. The molecule has 0 N–H and O–H groups in total. The van der Waals surface area contributed by atoms with Crippen molar-refractivity contribution in [2.75, 3.05) is 13.1 Å². The van der Waals surface area contributed by atoms with Crippen LogP contribution >= 0.6 is 0 Å². The molecule has 0 aromatic heterocycles. The molecule has 2 heterocycles. The summed E-state index contributed by atoms with van der Waals surface area (Å²) in [5, 5.41) is 3.78. The second kappa shape index (κ2) is 4.85. The van der Waals surface area contributed by atoms with E-state index in [1.807, 2.05) is 0 Å². The molecule has 0 bridgehead atoms. The normalized spacial score (nSPS) is 20.2. The molecule has 20 heavy (non-hydrogen) atoms. The molecule has 2 aliphatic heterocycles. The first-order chi connectivity index (χ1) is 9.60. The van der Waals surface area contributed by atoms with Crippen molar-refractivity contribution in [3.8, 4) is 0 Å². The van der Waals surface area contributed by atoms with E-state index in [2.05, 4.69) is 5.16 Å². The summed E-state index contributed by atoms with van der Waals surface area (Å²) in [6.45, 7) is 0.970. The number of benzene rings is 1. The lowest BCUT2D eigenvalue weighted by atomic mass is 9.89.